The van der Waals surface area contributed by atoms with E-state index >= 15 is 0 Å². The quantitative estimate of drug-likeness (QED) is 0.710. The average molecular weight is 250 g/mol. The van der Waals surface area contributed by atoms with Crippen LogP contribution in [0.2, 0.25) is 0 Å². The lowest BCUT2D eigenvalue weighted by Crippen LogP contribution is -2.32. The van der Waals surface area contributed by atoms with Crippen molar-refractivity contribution in [3.8, 4) is 0 Å². The first-order chi connectivity index (χ1) is 8.47. The number of carbonyl (C=O) groups excluding carboxylic acids is 1. The minimum atomic E-state index is -0.889. The number of hydrogen-bond acceptors (Lipinski definition) is 3. The lowest BCUT2D eigenvalue weighted by atomic mass is 10.1. The maximum atomic E-state index is 11.6. The maximum Gasteiger partial charge on any atom is 0.307 e. The van der Waals surface area contributed by atoms with Gasteiger partial charge in [-0.15, -0.1) is 0 Å². The van der Waals surface area contributed by atoms with Crippen LogP contribution >= 0.6 is 0 Å². The van der Waals surface area contributed by atoms with Crippen molar-refractivity contribution in [2.75, 3.05) is 11.9 Å². The summed E-state index contributed by atoms with van der Waals surface area (Å²) in [6.07, 6.45) is -0.0477. The molecule has 3 N–H and O–H groups in total. The summed E-state index contributed by atoms with van der Waals surface area (Å²) in [7, 11) is 0. The Morgan fingerprint density at radius 3 is 2.67 bits per heavy atom. The summed E-state index contributed by atoms with van der Waals surface area (Å²) in [5.74, 6) is -1.03. The molecule has 5 heteroatoms. The van der Waals surface area contributed by atoms with Gasteiger partial charge in [-0.25, -0.2) is 0 Å². The highest BCUT2D eigenvalue weighted by molar-refractivity contribution is 5.92. The van der Waals surface area contributed by atoms with E-state index in [0.29, 0.717) is 11.3 Å². The molecular formula is C13H18N2O3. The predicted molar refractivity (Wildman–Crippen MR) is 69.6 cm³/mol. The Balaban J connectivity index is 2.56. The number of benzene rings is 1. The van der Waals surface area contributed by atoms with Crippen LogP contribution in [0.25, 0.3) is 0 Å². The summed E-state index contributed by atoms with van der Waals surface area (Å²) in [6, 6.07) is 7.09. The van der Waals surface area contributed by atoms with Gasteiger partial charge >= 0.3 is 5.97 Å². The largest absolute Gasteiger partial charge is 0.481 e. The summed E-state index contributed by atoms with van der Waals surface area (Å²) >= 11 is 0. The Hall–Kier alpha value is -1.88. The number of aliphatic carboxylic acids is 1. The van der Waals surface area contributed by atoms with Crippen molar-refractivity contribution in [2.24, 2.45) is 0 Å². The van der Waals surface area contributed by atoms with Crippen LogP contribution in [0.5, 0.6) is 0 Å². The molecule has 0 atom stereocenters. The molecule has 0 aliphatic carbocycles. The normalized spacial score (nSPS) is 10.4. The van der Waals surface area contributed by atoms with Gasteiger partial charge in [-0.05, 0) is 17.7 Å². The van der Waals surface area contributed by atoms with Crippen LogP contribution < -0.4 is 10.6 Å². The highest BCUT2D eigenvalue weighted by atomic mass is 16.4. The first kappa shape index (κ1) is 14.2. The van der Waals surface area contributed by atoms with Crippen LogP contribution in [-0.4, -0.2) is 29.6 Å². The molecule has 0 spiro atoms. The van der Waals surface area contributed by atoms with E-state index in [4.69, 9.17) is 5.11 Å². The fraction of sp³-hybridized carbons (Fsp3) is 0.385. The molecule has 0 aliphatic rings. The molecular weight excluding hydrogens is 232 g/mol. The van der Waals surface area contributed by atoms with Crippen LogP contribution in [0.3, 0.4) is 0 Å². The van der Waals surface area contributed by atoms with Gasteiger partial charge in [0, 0.05) is 11.7 Å². The fourth-order valence-electron chi connectivity index (χ4n) is 1.44. The van der Waals surface area contributed by atoms with Gasteiger partial charge in [0.05, 0.1) is 13.0 Å². The Bertz CT molecular complexity index is 430. The number of rotatable bonds is 6. The monoisotopic (exact) mass is 250 g/mol. The van der Waals surface area contributed by atoms with Crippen molar-refractivity contribution >= 4 is 17.6 Å². The molecule has 0 aliphatic heterocycles. The number of carbonyl (C=O) groups is 2. The van der Waals surface area contributed by atoms with Crippen molar-refractivity contribution in [3.05, 3.63) is 29.8 Å². The third kappa shape index (κ3) is 5.45. The Kier molecular flexibility index (Phi) is 5.32. The molecule has 0 saturated carbocycles. The molecule has 0 bridgehead atoms. The number of anilines is 1. The second kappa shape index (κ2) is 6.76. The van der Waals surface area contributed by atoms with E-state index in [1.165, 1.54) is 0 Å². The van der Waals surface area contributed by atoms with E-state index in [2.05, 4.69) is 10.6 Å². The van der Waals surface area contributed by atoms with Gasteiger partial charge in [0.15, 0.2) is 0 Å². The topological polar surface area (TPSA) is 78.4 Å². The second-order valence-electron chi connectivity index (χ2n) is 4.35. The second-order valence-corrected chi connectivity index (χ2v) is 4.35. The molecule has 0 radical (unpaired) electrons. The zero-order valence-corrected chi connectivity index (χ0v) is 10.6. The van der Waals surface area contributed by atoms with Crippen molar-refractivity contribution in [3.63, 3.8) is 0 Å². The summed E-state index contributed by atoms with van der Waals surface area (Å²) in [5, 5.41) is 14.4. The van der Waals surface area contributed by atoms with Crippen molar-refractivity contribution in [1.29, 1.82) is 0 Å². The molecule has 1 rings (SSSR count). The maximum absolute atomic E-state index is 11.6. The molecule has 1 amide bonds. The summed E-state index contributed by atoms with van der Waals surface area (Å²) in [6.45, 7) is 4.16. The highest BCUT2D eigenvalue weighted by Crippen LogP contribution is 2.11. The Morgan fingerprint density at radius 1 is 1.33 bits per heavy atom. The van der Waals surface area contributed by atoms with E-state index in [1.807, 2.05) is 13.8 Å². The van der Waals surface area contributed by atoms with Gasteiger partial charge in [-0.2, -0.15) is 0 Å². The van der Waals surface area contributed by atoms with Gasteiger partial charge in [0.1, 0.15) is 0 Å². The number of nitrogens with one attached hydrogen (secondary N) is 2. The van der Waals surface area contributed by atoms with E-state index in [9.17, 15) is 9.59 Å². The molecule has 18 heavy (non-hydrogen) atoms. The van der Waals surface area contributed by atoms with Crippen LogP contribution in [0.15, 0.2) is 24.3 Å². The van der Waals surface area contributed by atoms with Crippen molar-refractivity contribution in [1.82, 2.24) is 5.32 Å². The summed E-state index contributed by atoms with van der Waals surface area (Å²) in [5.41, 5.74) is 1.28. The van der Waals surface area contributed by atoms with E-state index < -0.39 is 5.97 Å². The molecule has 0 heterocycles. The summed E-state index contributed by atoms with van der Waals surface area (Å²) in [4.78, 5) is 22.1. The third-order valence-electron chi connectivity index (χ3n) is 2.24. The fourth-order valence-corrected chi connectivity index (χ4v) is 1.44. The zero-order chi connectivity index (χ0) is 13.5. The molecule has 1 aromatic rings. The summed E-state index contributed by atoms with van der Waals surface area (Å²) < 4.78 is 0. The first-order valence-corrected chi connectivity index (χ1v) is 5.81. The van der Waals surface area contributed by atoms with Gasteiger partial charge in [-0.1, -0.05) is 26.0 Å². The lowest BCUT2D eigenvalue weighted by Gasteiger charge is -2.09. The minimum absolute atomic E-state index is 0.0477. The van der Waals surface area contributed by atoms with Crippen LogP contribution in [0.4, 0.5) is 5.69 Å². The van der Waals surface area contributed by atoms with Crippen LogP contribution in [0, 0.1) is 0 Å². The molecule has 0 saturated heterocycles. The number of carboxylic acid groups (broad SMARTS) is 1. The molecule has 0 unspecified atom stereocenters. The Labute approximate surface area is 106 Å². The van der Waals surface area contributed by atoms with Gasteiger partial charge < -0.3 is 15.7 Å². The van der Waals surface area contributed by atoms with E-state index in [-0.39, 0.29) is 24.9 Å². The van der Waals surface area contributed by atoms with Crippen LogP contribution in [0.1, 0.15) is 19.4 Å². The van der Waals surface area contributed by atoms with Gasteiger partial charge in [0.2, 0.25) is 5.91 Å². The predicted octanol–water partition coefficient (Wildman–Crippen LogP) is 1.25. The first-order valence-electron chi connectivity index (χ1n) is 5.81. The number of hydrogen-bond donors (Lipinski definition) is 3. The molecule has 98 valence electrons. The number of carboxylic acids is 1. The average Bonchev–Trinajstić information content (AvgIpc) is 2.26. The smallest absolute Gasteiger partial charge is 0.307 e. The van der Waals surface area contributed by atoms with Crippen LogP contribution in [-0.2, 0) is 16.0 Å². The minimum Gasteiger partial charge on any atom is -0.481 e. The Morgan fingerprint density at radius 2 is 2.06 bits per heavy atom. The molecule has 5 nitrogen and oxygen atoms in total. The molecule has 0 aromatic heterocycles. The lowest BCUT2D eigenvalue weighted by molar-refractivity contribution is -0.136. The highest BCUT2D eigenvalue weighted by Gasteiger charge is 2.05. The standard InChI is InChI=1S/C13H18N2O3/c1-9(2)14-8-12(16)15-11-5-3-4-10(6-11)7-13(17)18/h3-6,9,14H,7-8H2,1-2H3,(H,15,16)(H,17,18). The van der Waals surface area contributed by atoms with Crippen molar-refractivity contribution in [2.45, 2.75) is 26.3 Å². The van der Waals surface area contributed by atoms with E-state index in [1.54, 1.807) is 24.3 Å². The molecule has 0 fully saturated rings. The zero-order valence-electron chi connectivity index (χ0n) is 10.6. The van der Waals surface area contributed by atoms with E-state index in [0.717, 1.165) is 0 Å². The third-order valence-corrected chi connectivity index (χ3v) is 2.24. The molecule has 1 aromatic carbocycles. The van der Waals surface area contributed by atoms with Gasteiger partial charge in [0.25, 0.3) is 0 Å². The number of amides is 1. The SMILES string of the molecule is CC(C)NCC(=O)Nc1cccc(CC(=O)O)c1. The van der Waals surface area contributed by atoms with Crippen molar-refractivity contribution < 1.29 is 14.7 Å². The van der Waals surface area contributed by atoms with Gasteiger partial charge in [-0.3, -0.25) is 9.59 Å².